The van der Waals surface area contributed by atoms with Crippen LogP contribution in [-0.4, -0.2) is 79.5 Å². The van der Waals surface area contributed by atoms with E-state index in [1.807, 2.05) is 26.8 Å². The van der Waals surface area contributed by atoms with Gasteiger partial charge in [0.15, 0.2) is 0 Å². The zero-order chi connectivity index (χ0) is 28.7. The summed E-state index contributed by atoms with van der Waals surface area (Å²) in [7, 11) is 0. The van der Waals surface area contributed by atoms with Gasteiger partial charge in [0.25, 0.3) is 0 Å². The van der Waals surface area contributed by atoms with Crippen LogP contribution >= 0.6 is 0 Å². The lowest BCUT2D eigenvalue weighted by molar-refractivity contribution is -0.307. The Hall–Kier alpha value is -0.540. The quantitative estimate of drug-likeness (QED) is 0.267. The smallest absolute Gasteiger partial charge is 0.0911 e. The highest BCUT2D eigenvalue weighted by Gasteiger charge is 2.72. The molecule has 0 bridgehead atoms. The van der Waals surface area contributed by atoms with E-state index >= 15 is 0 Å². The zero-order valence-electron chi connectivity index (χ0n) is 24.4. The fraction of sp³-hybridized carbons (Fsp3) is 0.935. The number of aliphatic hydroxyl groups excluding tert-OH is 7. The van der Waals surface area contributed by atoms with Crippen molar-refractivity contribution in [3.05, 3.63) is 12.7 Å². The summed E-state index contributed by atoms with van der Waals surface area (Å²) in [5, 5.41) is 78.0. The molecule has 4 saturated carbocycles. The first-order valence-electron chi connectivity index (χ1n) is 14.7. The van der Waals surface area contributed by atoms with Gasteiger partial charge in [-0.15, -0.1) is 6.58 Å². The van der Waals surface area contributed by atoms with Crippen LogP contribution in [0.4, 0.5) is 0 Å². The van der Waals surface area contributed by atoms with Gasteiger partial charge in [0.1, 0.15) is 0 Å². The third kappa shape index (κ3) is 3.65. The third-order valence-electron chi connectivity index (χ3n) is 13.5. The second-order valence-corrected chi connectivity index (χ2v) is 15.4. The number of fused-ring (bicyclic) bond motifs is 2. The molecule has 0 heterocycles. The molecule has 4 aliphatic rings. The molecule has 0 aromatic heterocycles. The molecular formula is C31H54O7. The van der Waals surface area contributed by atoms with Crippen molar-refractivity contribution in [1.82, 2.24) is 0 Å². The first-order valence-corrected chi connectivity index (χ1v) is 14.7. The third-order valence-corrected chi connectivity index (χ3v) is 13.5. The Kier molecular flexibility index (Phi) is 7.61. The molecular weight excluding hydrogens is 484 g/mol. The molecule has 7 nitrogen and oxygen atoms in total. The lowest BCUT2D eigenvalue weighted by Crippen LogP contribution is -2.74. The maximum Gasteiger partial charge on any atom is 0.0911 e. The van der Waals surface area contributed by atoms with E-state index in [-0.39, 0.29) is 29.8 Å². The Labute approximate surface area is 229 Å². The first kappa shape index (κ1) is 30.4. The standard InChI is InChI=1S/C31H54O7/c1-8-9-20-27(4)12-11-21(34)28(5,16-32)19(27)10-13-29(20,6)30(7)15-18-14-26(2,3)22(35)24(37)31(18,17-33)25(38)23(30)36/h8,18-25,32-38H,1,9-17H2,2-7H3/t18?,19?,20?,21-,22-,23-,24-,25+,27-,28+,29+,30-,31+/m0/s1. The lowest BCUT2D eigenvalue weighted by Gasteiger charge is -2.71. The van der Waals surface area contributed by atoms with Crippen LogP contribution in [0.5, 0.6) is 0 Å². The predicted octanol–water partition coefficient (Wildman–Crippen LogP) is 2.63. The fourth-order valence-corrected chi connectivity index (χ4v) is 10.7. The molecule has 0 aliphatic heterocycles. The van der Waals surface area contributed by atoms with Crippen molar-refractivity contribution in [3.8, 4) is 0 Å². The molecule has 0 aromatic rings. The number of aliphatic hydroxyl groups is 7. The highest BCUT2D eigenvalue weighted by atomic mass is 16.4. The van der Waals surface area contributed by atoms with Gasteiger partial charge in [0.05, 0.1) is 49.1 Å². The van der Waals surface area contributed by atoms with Gasteiger partial charge < -0.3 is 35.7 Å². The van der Waals surface area contributed by atoms with Crippen LogP contribution in [0.2, 0.25) is 0 Å². The summed E-state index contributed by atoms with van der Waals surface area (Å²) in [5.41, 5.74) is -4.03. The molecule has 38 heavy (non-hydrogen) atoms. The minimum absolute atomic E-state index is 0.0743. The largest absolute Gasteiger partial charge is 0.396 e. The van der Waals surface area contributed by atoms with E-state index < -0.39 is 64.2 Å². The summed E-state index contributed by atoms with van der Waals surface area (Å²) in [6, 6.07) is 0. The van der Waals surface area contributed by atoms with E-state index in [1.165, 1.54) is 0 Å². The molecule has 0 saturated heterocycles. The second-order valence-electron chi connectivity index (χ2n) is 15.4. The topological polar surface area (TPSA) is 142 Å². The SMILES string of the molecule is C=CCC1[C@@]2(C)CC[C@H](O)[C@](C)(CO)C2CC[C@@]1(C)[C@@]1(C)CC2CC(C)(C)[C@@H](O)[C@H](O)[C@]2(CO)[C@H](O)[C@@H]1O. The van der Waals surface area contributed by atoms with Crippen LogP contribution in [0, 0.1) is 50.2 Å². The van der Waals surface area contributed by atoms with Crippen LogP contribution in [0.3, 0.4) is 0 Å². The van der Waals surface area contributed by atoms with Gasteiger partial charge in [-0.3, -0.25) is 0 Å². The maximum atomic E-state index is 12.0. The number of allylic oxidation sites excluding steroid dienone is 1. The number of hydrogen-bond acceptors (Lipinski definition) is 7. The monoisotopic (exact) mass is 538 g/mol. The molecule has 7 N–H and O–H groups in total. The molecule has 0 spiro atoms. The van der Waals surface area contributed by atoms with Crippen LogP contribution in [-0.2, 0) is 0 Å². The first-order chi connectivity index (χ1) is 17.5. The van der Waals surface area contributed by atoms with Crippen molar-refractivity contribution in [2.45, 2.75) is 117 Å². The van der Waals surface area contributed by atoms with Crippen LogP contribution in [0.25, 0.3) is 0 Å². The van der Waals surface area contributed by atoms with Gasteiger partial charge in [0, 0.05) is 10.8 Å². The Morgan fingerprint density at radius 3 is 1.89 bits per heavy atom. The predicted molar refractivity (Wildman–Crippen MR) is 146 cm³/mol. The average molecular weight is 539 g/mol. The van der Waals surface area contributed by atoms with Crippen molar-refractivity contribution < 1.29 is 35.7 Å². The van der Waals surface area contributed by atoms with Crippen LogP contribution < -0.4 is 0 Å². The molecule has 220 valence electrons. The molecule has 4 fully saturated rings. The summed E-state index contributed by atoms with van der Waals surface area (Å²) in [6.07, 6.45) is 0.943. The van der Waals surface area contributed by atoms with E-state index in [0.717, 1.165) is 19.3 Å². The summed E-state index contributed by atoms with van der Waals surface area (Å²) in [4.78, 5) is 0. The molecule has 0 radical (unpaired) electrons. The van der Waals surface area contributed by atoms with Gasteiger partial charge in [-0.1, -0.05) is 47.6 Å². The van der Waals surface area contributed by atoms with Crippen molar-refractivity contribution in [2.24, 2.45) is 50.2 Å². The Balaban J connectivity index is 1.82. The molecule has 4 rings (SSSR count). The molecule has 7 heteroatoms. The lowest BCUT2D eigenvalue weighted by atomic mass is 9.35. The summed E-state index contributed by atoms with van der Waals surface area (Å²) in [6.45, 7) is 15.9. The van der Waals surface area contributed by atoms with Gasteiger partial charge in [-0.05, 0) is 78.9 Å². The van der Waals surface area contributed by atoms with Crippen molar-refractivity contribution >= 4 is 0 Å². The number of rotatable bonds is 5. The zero-order valence-corrected chi connectivity index (χ0v) is 24.4. The van der Waals surface area contributed by atoms with Gasteiger partial charge in [-0.2, -0.15) is 0 Å². The average Bonchev–Trinajstić information content (AvgIpc) is 2.86. The molecule has 3 unspecified atom stereocenters. The second kappa shape index (κ2) is 9.50. The van der Waals surface area contributed by atoms with Gasteiger partial charge >= 0.3 is 0 Å². The van der Waals surface area contributed by atoms with E-state index in [2.05, 4.69) is 27.4 Å². The molecule has 4 aliphatic carbocycles. The minimum atomic E-state index is -1.40. The highest BCUT2D eigenvalue weighted by Crippen LogP contribution is 2.72. The van der Waals surface area contributed by atoms with Gasteiger partial charge in [0.2, 0.25) is 0 Å². The molecule has 13 atom stereocenters. The van der Waals surface area contributed by atoms with Crippen molar-refractivity contribution in [2.75, 3.05) is 13.2 Å². The van der Waals surface area contributed by atoms with Crippen LogP contribution in [0.15, 0.2) is 12.7 Å². The normalized spacial score (nSPS) is 56.6. The Bertz CT molecular complexity index is 909. The van der Waals surface area contributed by atoms with Crippen molar-refractivity contribution in [1.29, 1.82) is 0 Å². The van der Waals surface area contributed by atoms with E-state index in [9.17, 15) is 35.7 Å². The molecule has 0 aromatic carbocycles. The highest BCUT2D eigenvalue weighted by molar-refractivity contribution is 5.21. The van der Waals surface area contributed by atoms with E-state index in [1.54, 1.807) is 0 Å². The van der Waals surface area contributed by atoms with E-state index in [4.69, 9.17) is 0 Å². The molecule has 0 amide bonds. The fourth-order valence-electron chi connectivity index (χ4n) is 10.7. The maximum absolute atomic E-state index is 12.0. The van der Waals surface area contributed by atoms with Crippen molar-refractivity contribution in [3.63, 3.8) is 0 Å². The van der Waals surface area contributed by atoms with Crippen LogP contribution in [0.1, 0.15) is 86.5 Å². The Morgan fingerprint density at radius 2 is 1.34 bits per heavy atom. The summed E-state index contributed by atoms with van der Waals surface area (Å²) >= 11 is 0. The number of hydrogen-bond donors (Lipinski definition) is 7. The van der Waals surface area contributed by atoms with Gasteiger partial charge in [-0.25, -0.2) is 0 Å². The summed E-state index contributed by atoms with van der Waals surface area (Å²) < 4.78 is 0. The van der Waals surface area contributed by atoms with E-state index in [0.29, 0.717) is 25.7 Å². The minimum Gasteiger partial charge on any atom is -0.396 e. The summed E-state index contributed by atoms with van der Waals surface area (Å²) in [5.74, 6) is -0.129. The Morgan fingerprint density at radius 1 is 0.737 bits per heavy atom.